The summed E-state index contributed by atoms with van der Waals surface area (Å²) in [6.07, 6.45) is 5.35. The molecule has 1 heterocycles. The molecule has 4 nitrogen and oxygen atoms in total. The summed E-state index contributed by atoms with van der Waals surface area (Å²) < 4.78 is 1.97. The summed E-state index contributed by atoms with van der Waals surface area (Å²) in [7, 11) is 0. The van der Waals surface area contributed by atoms with Crippen LogP contribution in [0.5, 0.6) is 0 Å². The highest BCUT2D eigenvalue weighted by Crippen LogP contribution is 2.07. The zero-order valence-corrected chi connectivity index (χ0v) is 7.73. The molecule has 0 aliphatic carbocycles. The molecule has 13 heavy (non-hydrogen) atoms. The van der Waals surface area contributed by atoms with Crippen molar-refractivity contribution in [2.75, 3.05) is 0 Å². The molecule has 0 N–H and O–H groups in total. The molecule has 4 heteroatoms. The molecule has 0 saturated heterocycles. The number of allylic oxidation sites excluding steroid dienone is 1. The molecule has 0 aromatic carbocycles. The second-order valence-electron chi connectivity index (χ2n) is 2.82. The standard InChI is InChI=1S/C9H12N2O2/c1-3-10-5-4-9(7-10)6-8(2)11(12)13/h4-7H,3H2,1-2H3/b8-6-. The third kappa shape index (κ3) is 2.43. The van der Waals surface area contributed by atoms with E-state index in [2.05, 4.69) is 0 Å². The summed E-state index contributed by atoms with van der Waals surface area (Å²) in [5, 5.41) is 10.3. The van der Waals surface area contributed by atoms with Gasteiger partial charge in [0, 0.05) is 31.9 Å². The zero-order valence-electron chi connectivity index (χ0n) is 7.73. The van der Waals surface area contributed by atoms with Gasteiger partial charge in [-0.1, -0.05) is 0 Å². The van der Waals surface area contributed by atoms with Crippen LogP contribution in [-0.2, 0) is 6.54 Å². The average molecular weight is 180 g/mol. The molecular formula is C9H12N2O2. The normalized spacial score (nSPS) is 11.7. The smallest absolute Gasteiger partial charge is 0.243 e. The van der Waals surface area contributed by atoms with Gasteiger partial charge in [-0.2, -0.15) is 0 Å². The van der Waals surface area contributed by atoms with E-state index < -0.39 is 0 Å². The molecule has 0 saturated carbocycles. The molecule has 0 bridgehead atoms. The van der Waals surface area contributed by atoms with E-state index in [9.17, 15) is 10.1 Å². The molecule has 0 aliphatic rings. The summed E-state index contributed by atoms with van der Waals surface area (Å²) in [6.45, 7) is 4.39. The van der Waals surface area contributed by atoms with Crippen molar-refractivity contribution in [2.24, 2.45) is 0 Å². The first-order valence-corrected chi connectivity index (χ1v) is 4.12. The van der Waals surface area contributed by atoms with Crippen molar-refractivity contribution < 1.29 is 4.92 Å². The lowest BCUT2D eigenvalue weighted by atomic mass is 10.3. The van der Waals surface area contributed by atoms with E-state index in [1.54, 1.807) is 6.08 Å². The van der Waals surface area contributed by atoms with Gasteiger partial charge >= 0.3 is 0 Å². The minimum absolute atomic E-state index is 0.161. The molecule has 1 rings (SSSR count). The lowest BCUT2D eigenvalue weighted by Gasteiger charge is -1.92. The first-order chi connectivity index (χ1) is 6.13. The van der Waals surface area contributed by atoms with Crippen molar-refractivity contribution in [3.05, 3.63) is 39.8 Å². The summed E-state index contributed by atoms with van der Waals surface area (Å²) in [5.41, 5.74) is 1.03. The van der Waals surface area contributed by atoms with Crippen molar-refractivity contribution in [3.8, 4) is 0 Å². The molecule has 0 spiro atoms. The minimum atomic E-state index is -0.386. The van der Waals surface area contributed by atoms with Crippen molar-refractivity contribution in [1.82, 2.24) is 4.57 Å². The van der Waals surface area contributed by atoms with Gasteiger partial charge in [0.25, 0.3) is 0 Å². The fraction of sp³-hybridized carbons (Fsp3) is 0.333. The fourth-order valence-corrected chi connectivity index (χ4v) is 1.04. The zero-order chi connectivity index (χ0) is 9.84. The van der Waals surface area contributed by atoms with Crippen molar-refractivity contribution >= 4 is 6.08 Å². The Bertz CT molecular complexity index is 339. The number of aryl methyl sites for hydroxylation is 1. The molecule has 1 aromatic heterocycles. The summed E-state index contributed by atoms with van der Waals surface area (Å²) in [6, 6.07) is 1.86. The quantitative estimate of drug-likeness (QED) is 0.528. The molecular weight excluding hydrogens is 168 g/mol. The molecule has 1 aromatic rings. The molecule has 70 valence electrons. The molecule has 0 atom stereocenters. The van der Waals surface area contributed by atoms with Crippen molar-refractivity contribution in [3.63, 3.8) is 0 Å². The summed E-state index contributed by atoms with van der Waals surface area (Å²) in [5.74, 6) is 0. The highest BCUT2D eigenvalue weighted by atomic mass is 16.6. The van der Waals surface area contributed by atoms with Crippen LogP contribution in [0.4, 0.5) is 0 Å². The van der Waals surface area contributed by atoms with Gasteiger partial charge in [-0.15, -0.1) is 0 Å². The SMILES string of the molecule is CCn1ccc(/C=C(/C)[N+](=O)[O-])c1. The van der Waals surface area contributed by atoms with Crippen LogP contribution in [0.2, 0.25) is 0 Å². The Labute approximate surface area is 76.6 Å². The molecule has 0 aliphatic heterocycles. The van der Waals surface area contributed by atoms with Crippen LogP contribution in [0, 0.1) is 10.1 Å². The van der Waals surface area contributed by atoms with E-state index in [4.69, 9.17) is 0 Å². The maximum absolute atomic E-state index is 10.3. The van der Waals surface area contributed by atoms with Crippen LogP contribution in [0.1, 0.15) is 19.4 Å². The summed E-state index contributed by atoms with van der Waals surface area (Å²) >= 11 is 0. The van der Waals surface area contributed by atoms with E-state index in [0.717, 1.165) is 12.1 Å². The van der Waals surface area contributed by atoms with Gasteiger partial charge in [-0.3, -0.25) is 10.1 Å². The van der Waals surface area contributed by atoms with Crippen LogP contribution in [0.15, 0.2) is 24.2 Å². The monoisotopic (exact) mass is 180 g/mol. The van der Waals surface area contributed by atoms with E-state index >= 15 is 0 Å². The summed E-state index contributed by atoms with van der Waals surface area (Å²) in [4.78, 5) is 9.92. The van der Waals surface area contributed by atoms with Gasteiger partial charge in [0.15, 0.2) is 0 Å². The number of hydrogen-bond acceptors (Lipinski definition) is 2. The maximum atomic E-state index is 10.3. The van der Waals surface area contributed by atoms with Crippen LogP contribution in [0.25, 0.3) is 6.08 Å². The molecule has 0 fully saturated rings. The lowest BCUT2D eigenvalue weighted by Crippen LogP contribution is -1.92. The Morgan fingerprint density at radius 3 is 2.92 bits per heavy atom. The van der Waals surface area contributed by atoms with E-state index in [0.29, 0.717) is 0 Å². The second kappa shape index (κ2) is 3.89. The Morgan fingerprint density at radius 2 is 2.46 bits per heavy atom. The topological polar surface area (TPSA) is 48.1 Å². The predicted octanol–water partition coefficient (Wildman–Crippen LogP) is 2.15. The van der Waals surface area contributed by atoms with Crippen LogP contribution >= 0.6 is 0 Å². The van der Waals surface area contributed by atoms with Crippen LogP contribution < -0.4 is 0 Å². The Hall–Kier alpha value is -1.58. The molecule has 0 amide bonds. The molecule has 0 radical (unpaired) electrons. The van der Waals surface area contributed by atoms with Gasteiger partial charge in [0.2, 0.25) is 5.70 Å². The largest absolute Gasteiger partial charge is 0.354 e. The maximum Gasteiger partial charge on any atom is 0.243 e. The van der Waals surface area contributed by atoms with Gasteiger partial charge in [0.05, 0.1) is 4.92 Å². The lowest BCUT2D eigenvalue weighted by molar-refractivity contribution is -0.422. The number of nitro groups is 1. The van der Waals surface area contributed by atoms with Crippen molar-refractivity contribution in [2.45, 2.75) is 20.4 Å². The highest BCUT2D eigenvalue weighted by molar-refractivity contribution is 5.49. The van der Waals surface area contributed by atoms with Crippen LogP contribution in [0.3, 0.4) is 0 Å². The highest BCUT2D eigenvalue weighted by Gasteiger charge is 2.02. The first kappa shape index (κ1) is 9.51. The van der Waals surface area contributed by atoms with Gasteiger partial charge in [-0.25, -0.2) is 0 Å². The third-order valence-corrected chi connectivity index (χ3v) is 1.80. The number of nitrogens with zero attached hydrogens (tertiary/aromatic N) is 2. The second-order valence-corrected chi connectivity index (χ2v) is 2.82. The van der Waals surface area contributed by atoms with Gasteiger partial charge in [0.1, 0.15) is 0 Å². The predicted molar refractivity (Wildman–Crippen MR) is 50.8 cm³/mol. The molecule has 0 unspecified atom stereocenters. The number of aromatic nitrogens is 1. The van der Waals surface area contributed by atoms with E-state index in [1.807, 2.05) is 30.0 Å². The van der Waals surface area contributed by atoms with E-state index in [1.165, 1.54) is 6.92 Å². The Kier molecular flexibility index (Phi) is 2.84. The van der Waals surface area contributed by atoms with Gasteiger partial charge in [-0.05, 0) is 18.6 Å². The van der Waals surface area contributed by atoms with E-state index in [-0.39, 0.29) is 10.6 Å². The number of rotatable bonds is 3. The van der Waals surface area contributed by atoms with Crippen LogP contribution in [-0.4, -0.2) is 9.49 Å². The van der Waals surface area contributed by atoms with Gasteiger partial charge < -0.3 is 4.57 Å². The fourth-order valence-electron chi connectivity index (χ4n) is 1.04. The third-order valence-electron chi connectivity index (χ3n) is 1.80. The number of hydrogen-bond donors (Lipinski definition) is 0. The average Bonchev–Trinajstić information content (AvgIpc) is 2.52. The minimum Gasteiger partial charge on any atom is -0.354 e. The van der Waals surface area contributed by atoms with Crippen molar-refractivity contribution in [1.29, 1.82) is 0 Å². The first-order valence-electron chi connectivity index (χ1n) is 4.12. The Morgan fingerprint density at radius 1 is 1.77 bits per heavy atom. The Balaban J connectivity index is 2.84.